The van der Waals surface area contributed by atoms with Crippen molar-refractivity contribution in [1.29, 1.82) is 0 Å². The summed E-state index contributed by atoms with van der Waals surface area (Å²) in [5.41, 5.74) is 3.37. The number of aromatic nitrogens is 1. The van der Waals surface area contributed by atoms with Gasteiger partial charge in [-0.15, -0.1) is 11.3 Å². The van der Waals surface area contributed by atoms with E-state index in [-0.39, 0.29) is 5.91 Å². The molecular weight excluding hydrogens is 382 g/mol. The fourth-order valence-corrected chi connectivity index (χ4v) is 4.73. The molecule has 156 valence electrons. The van der Waals surface area contributed by atoms with Gasteiger partial charge in [-0.1, -0.05) is 18.2 Å². The van der Waals surface area contributed by atoms with Gasteiger partial charge in [0.25, 0.3) is 0 Å². The Morgan fingerprint density at radius 3 is 2.41 bits per heavy atom. The molecule has 0 atom stereocenters. The number of carbonyl (C=O) groups is 1. The first kappa shape index (κ1) is 20.5. The monoisotopic (exact) mass is 413 g/mol. The van der Waals surface area contributed by atoms with Crippen LogP contribution in [0.4, 0.5) is 0 Å². The quantitative estimate of drug-likeness (QED) is 0.749. The Kier molecular flexibility index (Phi) is 6.60. The highest BCUT2D eigenvalue weighted by molar-refractivity contribution is 7.13. The first-order chi connectivity index (χ1) is 14.1. The molecule has 7 heteroatoms. The number of hydrogen-bond acceptors (Lipinski definition) is 6. The lowest BCUT2D eigenvalue weighted by atomic mass is 10.1. The van der Waals surface area contributed by atoms with Gasteiger partial charge in [-0.05, 0) is 25.7 Å². The van der Waals surface area contributed by atoms with Crippen LogP contribution < -0.4 is 0 Å². The third kappa shape index (κ3) is 5.42. The fourth-order valence-electron chi connectivity index (χ4n) is 3.91. The summed E-state index contributed by atoms with van der Waals surface area (Å²) in [6, 6.07) is 8.70. The van der Waals surface area contributed by atoms with Gasteiger partial charge in [-0.3, -0.25) is 9.69 Å². The zero-order valence-electron chi connectivity index (χ0n) is 17.5. The lowest BCUT2D eigenvalue weighted by Crippen LogP contribution is -2.47. The molecule has 29 heavy (non-hydrogen) atoms. The Bertz CT molecular complexity index is 822. The van der Waals surface area contributed by atoms with Gasteiger partial charge >= 0.3 is 0 Å². The van der Waals surface area contributed by atoms with E-state index < -0.39 is 0 Å². The van der Waals surface area contributed by atoms with Gasteiger partial charge in [0.1, 0.15) is 5.01 Å². The van der Waals surface area contributed by atoms with Gasteiger partial charge in [-0.2, -0.15) is 0 Å². The molecule has 0 spiro atoms. The molecule has 2 saturated heterocycles. The zero-order valence-corrected chi connectivity index (χ0v) is 18.3. The van der Waals surface area contributed by atoms with Crippen molar-refractivity contribution in [2.45, 2.75) is 13.0 Å². The largest absolute Gasteiger partial charge is 0.340 e. The van der Waals surface area contributed by atoms with E-state index in [9.17, 15) is 4.79 Å². The summed E-state index contributed by atoms with van der Waals surface area (Å²) in [6.07, 6.45) is 0.404. The molecule has 0 saturated carbocycles. The topological polar surface area (TPSA) is 42.9 Å². The average Bonchev–Trinajstić information content (AvgIpc) is 3.19. The molecule has 2 aliphatic heterocycles. The van der Waals surface area contributed by atoms with Crippen molar-refractivity contribution in [1.82, 2.24) is 24.6 Å². The molecule has 1 amide bonds. The number of likely N-dealkylation sites (N-methyl/N-ethyl adjacent to an activating group) is 2. The standard InChI is InChI=1S/C22H31N5OS/c1-24-6-10-26(11-7-24)16-18-4-3-5-19(14-18)22-23-20(17-29-22)15-21(28)27-12-8-25(2)9-13-27/h3-5,14,17H,6-13,15-16H2,1-2H3. The van der Waals surface area contributed by atoms with Crippen LogP contribution in [0.2, 0.25) is 0 Å². The van der Waals surface area contributed by atoms with Gasteiger partial charge < -0.3 is 14.7 Å². The zero-order chi connectivity index (χ0) is 20.2. The first-order valence-electron chi connectivity index (χ1n) is 10.5. The third-order valence-electron chi connectivity index (χ3n) is 5.92. The van der Waals surface area contributed by atoms with Gasteiger partial charge in [0, 0.05) is 69.8 Å². The summed E-state index contributed by atoms with van der Waals surface area (Å²) in [5.74, 6) is 0.193. The molecule has 1 aromatic carbocycles. The fraction of sp³-hybridized carbons (Fsp3) is 0.545. The molecule has 3 heterocycles. The maximum Gasteiger partial charge on any atom is 0.228 e. The van der Waals surface area contributed by atoms with Crippen LogP contribution in [-0.4, -0.2) is 96.9 Å². The van der Waals surface area contributed by atoms with E-state index in [4.69, 9.17) is 4.98 Å². The number of amides is 1. The van der Waals surface area contributed by atoms with Crippen LogP contribution >= 0.6 is 11.3 Å². The predicted molar refractivity (Wildman–Crippen MR) is 118 cm³/mol. The van der Waals surface area contributed by atoms with Crippen LogP contribution in [0.3, 0.4) is 0 Å². The molecule has 6 nitrogen and oxygen atoms in total. The van der Waals surface area contributed by atoms with E-state index >= 15 is 0 Å². The number of rotatable bonds is 5. The summed E-state index contributed by atoms with van der Waals surface area (Å²) in [7, 11) is 4.29. The van der Waals surface area contributed by atoms with Crippen LogP contribution in [0, 0.1) is 0 Å². The molecule has 2 aromatic rings. The average molecular weight is 414 g/mol. The molecule has 0 N–H and O–H groups in total. The number of nitrogens with zero attached hydrogens (tertiary/aromatic N) is 5. The van der Waals surface area contributed by atoms with E-state index in [2.05, 4.69) is 53.1 Å². The summed E-state index contributed by atoms with van der Waals surface area (Å²) < 4.78 is 0. The van der Waals surface area contributed by atoms with Crippen LogP contribution in [0.1, 0.15) is 11.3 Å². The molecule has 0 radical (unpaired) electrons. The lowest BCUT2D eigenvalue weighted by molar-refractivity contribution is -0.132. The van der Waals surface area contributed by atoms with Gasteiger partial charge in [0.2, 0.25) is 5.91 Å². The molecule has 4 rings (SSSR count). The second kappa shape index (κ2) is 9.34. The third-order valence-corrected chi connectivity index (χ3v) is 6.86. The smallest absolute Gasteiger partial charge is 0.228 e. The molecule has 0 unspecified atom stereocenters. The van der Waals surface area contributed by atoms with Crippen LogP contribution in [0.5, 0.6) is 0 Å². The van der Waals surface area contributed by atoms with Gasteiger partial charge in [0.15, 0.2) is 0 Å². The summed E-state index contributed by atoms with van der Waals surface area (Å²) in [5, 5.41) is 3.04. The molecule has 2 aliphatic rings. The minimum Gasteiger partial charge on any atom is -0.340 e. The van der Waals surface area contributed by atoms with Crippen molar-refractivity contribution in [2.24, 2.45) is 0 Å². The highest BCUT2D eigenvalue weighted by atomic mass is 32.1. The Labute approximate surface area is 177 Å². The van der Waals surface area contributed by atoms with E-state index in [1.54, 1.807) is 11.3 Å². The lowest BCUT2D eigenvalue weighted by Gasteiger charge is -2.32. The molecular formula is C22H31N5OS. The van der Waals surface area contributed by atoms with Gasteiger partial charge in [-0.25, -0.2) is 4.98 Å². The maximum atomic E-state index is 12.6. The van der Waals surface area contributed by atoms with E-state index in [0.29, 0.717) is 6.42 Å². The Morgan fingerprint density at radius 2 is 1.69 bits per heavy atom. The summed E-state index contributed by atoms with van der Waals surface area (Å²) in [6.45, 7) is 9.05. The number of piperazine rings is 2. The SMILES string of the molecule is CN1CCN(Cc2cccc(-c3nc(CC(=O)N4CCN(C)CC4)cs3)c2)CC1. The van der Waals surface area contributed by atoms with E-state index in [1.807, 2.05) is 10.3 Å². The number of benzene rings is 1. The number of thiazole rings is 1. The Balaban J connectivity index is 1.37. The summed E-state index contributed by atoms with van der Waals surface area (Å²) in [4.78, 5) is 26.5. The van der Waals surface area contributed by atoms with Crippen molar-refractivity contribution < 1.29 is 4.79 Å². The Hall–Kier alpha value is -1.80. The molecule has 1 aromatic heterocycles. The predicted octanol–water partition coefficient (Wildman–Crippen LogP) is 1.87. The molecule has 2 fully saturated rings. The maximum absolute atomic E-state index is 12.6. The van der Waals surface area contributed by atoms with Crippen molar-refractivity contribution in [3.05, 3.63) is 40.9 Å². The second-order valence-electron chi connectivity index (χ2n) is 8.28. The van der Waals surface area contributed by atoms with Crippen molar-refractivity contribution in [3.8, 4) is 10.6 Å². The van der Waals surface area contributed by atoms with E-state index in [0.717, 1.165) is 75.2 Å². The summed E-state index contributed by atoms with van der Waals surface area (Å²) >= 11 is 1.64. The number of hydrogen-bond donors (Lipinski definition) is 0. The van der Waals surface area contributed by atoms with Gasteiger partial charge in [0.05, 0.1) is 12.1 Å². The number of carbonyl (C=O) groups excluding carboxylic acids is 1. The minimum absolute atomic E-state index is 0.193. The second-order valence-corrected chi connectivity index (χ2v) is 9.14. The minimum atomic E-state index is 0.193. The first-order valence-corrected chi connectivity index (χ1v) is 11.4. The normalized spacial score (nSPS) is 19.6. The Morgan fingerprint density at radius 1 is 1.00 bits per heavy atom. The van der Waals surface area contributed by atoms with Crippen molar-refractivity contribution >= 4 is 17.2 Å². The van der Waals surface area contributed by atoms with Crippen LogP contribution in [0.15, 0.2) is 29.6 Å². The molecule has 0 aliphatic carbocycles. The highest BCUT2D eigenvalue weighted by Gasteiger charge is 2.20. The highest BCUT2D eigenvalue weighted by Crippen LogP contribution is 2.25. The van der Waals surface area contributed by atoms with Crippen LogP contribution in [0.25, 0.3) is 10.6 Å². The van der Waals surface area contributed by atoms with Crippen LogP contribution in [-0.2, 0) is 17.8 Å². The van der Waals surface area contributed by atoms with E-state index in [1.165, 1.54) is 5.56 Å². The molecule has 0 bridgehead atoms. The van der Waals surface area contributed by atoms with Crippen molar-refractivity contribution in [2.75, 3.05) is 66.5 Å². The van der Waals surface area contributed by atoms with Crippen molar-refractivity contribution in [3.63, 3.8) is 0 Å².